The standard InChI is InChI=1S/C24H23FO5/c1-2-15-6-8-18(9-7-15)29-22-14-28-21-13-19(10-11-20(21)23(22)26)30-24(27)16-4-3-5-17(25)12-16/h3-9,12,14,19-21H,2,10-11,13H2,1H3. The molecule has 0 aromatic heterocycles. The fourth-order valence-electron chi connectivity index (χ4n) is 3.87. The quantitative estimate of drug-likeness (QED) is 0.674. The number of allylic oxidation sites excluding steroid dienone is 1. The lowest BCUT2D eigenvalue weighted by molar-refractivity contribution is -0.132. The van der Waals surface area contributed by atoms with Crippen LogP contribution >= 0.6 is 0 Å². The van der Waals surface area contributed by atoms with E-state index in [-0.39, 0.29) is 35.2 Å². The smallest absolute Gasteiger partial charge is 0.338 e. The van der Waals surface area contributed by atoms with Crippen LogP contribution in [0.15, 0.2) is 60.6 Å². The molecule has 1 aliphatic carbocycles. The minimum absolute atomic E-state index is 0.0966. The molecule has 30 heavy (non-hydrogen) atoms. The summed E-state index contributed by atoms with van der Waals surface area (Å²) in [7, 11) is 0. The van der Waals surface area contributed by atoms with Gasteiger partial charge in [0.2, 0.25) is 11.5 Å². The molecular weight excluding hydrogens is 387 g/mol. The van der Waals surface area contributed by atoms with Crippen molar-refractivity contribution in [2.45, 2.75) is 44.8 Å². The van der Waals surface area contributed by atoms with Gasteiger partial charge in [0, 0.05) is 6.42 Å². The van der Waals surface area contributed by atoms with Gasteiger partial charge in [-0.1, -0.05) is 25.1 Å². The van der Waals surface area contributed by atoms with E-state index in [4.69, 9.17) is 14.2 Å². The minimum atomic E-state index is -0.574. The second-order valence-electron chi connectivity index (χ2n) is 7.58. The van der Waals surface area contributed by atoms with Gasteiger partial charge in [0.1, 0.15) is 30.0 Å². The Hall–Kier alpha value is -3.15. The number of hydrogen-bond donors (Lipinski definition) is 0. The van der Waals surface area contributed by atoms with Crippen molar-refractivity contribution in [1.29, 1.82) is 0 Å². The average Bonchev–Trinajstić information content (AvgIpc) is 2.76. The summed E-state index contributed by atoms with van der Waals surface area (Å²) in [5.41, 5.74) is 1.36. The van der Waals surface area contributed by atoms with Gasteiger partial charge < -0.3 is 14.2 Å². The second-order valence-corrected chi connectivity index (χ2v) is 7.58. The van der Waals surface area contributed by atoms with Crippen LogP contribution in [0.5, 0.6) is 5.75 Å². The molecule has 0 spiro atoms. The van der Waals surface area contributed by atoms with Gasteiger partial charge in [-0.3, -0.25) is 4.79 Å². The molecule has 0 saturated heterocycles. The highest BCUT2D eigenvalue weighted by atomic mass is 19.1. The molecule has 0 radical (unpaired) electrons. The lowest BCUT2D eigenvalue weighted by Gasteiger charge is -2.36. The van der Waals surface area contributed by atoms with Crippen molar-refractivity contribution in [3.8, 4) is 5.75 Å². The van der Waals surface area contributed by atoms with Crippen LogP contribution in [-0.2, 0) is 20.7 Å². The maximum Gasteiger partial charge on any atom is 0.338 e. The molecule has 5 nitrogen and oxygen atoms in total. The highest BCUT2D eigenvalue weighted by Crippen LogP contribution is 2.35. The SMILES string of the molecule is CCc1ccc(OC2=COC3CC(OC(=O)c4cccc(F)c4)CCC3C2=O)cc1. The summed E-state index contributed by atoms with van der Waals surface area (Å²) in [5.74, 6) is -0.710. The molecule has 4 rings (SSSR count). The predicted molar refractivity (Wildman–Crippen MR) is 107 cm³/mol. The number of carbonyl (C=O) groups excluding carboxylic acids is 2. The zero-order valence-corrected chi connectivity index (χ0v) is 16.7. The molecule has 2 aliphatic rings. The fourth-order valence-corrected chi connectivity index (χ4v) is 3.87. The topological polar surface area (TPSA) is 61.8 Å². The van der Waals surface area contributed by atoms with Gasteiger partial charge in [-0.05, 0) is 55.2 Å². The Kier molecular flexibility index (Phi) is 5.84. The molecule has 0 bridgehead atoms. The van der Waals surface area contributed by atoms with Crippen molar-refractivity contribution in [2.24, 2.45) is 5.92 Å². The minimum Gasteiger partial charge on any atom is -0.493 e. The largest absolute Gasteiger partial charge is 0.493 e. The molecule has 156 valence electrons. The van der Waals surface area contributed by atoms with E-state index in [9.17, 15) is 14.0 Å². The summed E-state index contributed by atoms with van der Waals surface area (Å²) in [6.45, 7) is 2.07. The van der Waals surface area contributed by atoms with Crippen molar-refractivity contribution in [1.82, 2.24) is 0 Å². The Morgan fingerprint density at radius 2 is 1.97 bits per heavy atom. The van der Waals surface area contributed by atoms with Gasteiger partial charge in [-0.2, -0.15) is 0 Å². The van der Waals surface area contributed by atoms with Crippen LogP contribution in [0.3, 0.4) is 0 Å². The van der Waals surface area contributed by atoms with Gasteiger partial charge in [0.15, 0.2) is 0 Å². The Morgan fingerprint density at radius 1 is 1.17 bits per heavy atom. The Morgan fingerprint density at radius 3 is 2.70 bits per heavy atom. The van der Waals surface area contributed by atoms with Gasteiger partial charge in [0.25, 0.3) is 0 Å². The molecular formula is C24H23FO5. The molecule has 1 aliphatic heterocycles. The van der Waals surface area contributed by atoms with Crippen LogP contribution in [0.4, 0.5) is 4.39 Å². The van der Waals surface area contributed by atoms with Gasteiger partial charge >= 0.3 is 5.97 Å². The number of ether oxygens (including phenoxy) is 3. The predicted octanol–water partition coefficient (Wildman–Crippen LogP) is 4.60. The van der Waals surface area contributed by atoms with Crippen LogP contribution in [0.25, 0.3) is 0 Å². The summed E-state index contributed by atoms with van der Waals surface area (Å²) in [6.07, 6.45) is 3.01. The van der Waals surface area contributed by atoms with Crippen molar-refractivity contribution in [3.63, 3.8) is 0 Å². The molecule has 0 amide bonds. The van der Waals surface area contributed by atoms with Crippen LogP contribution in [-0.4, -0.2) is 24.0 Å². The second kappa shape index (κ2) is 8.69. The Bertz CT molecular complexity index is 966. The highest BCUT2D eigenvalue weighted by molar-refractivity contribution is 5.96. The van der Waals surface area contributed by atoms with E-state index < -0.39 is 11.8 Å². The molecule has 2 aromatic rings. The first-order valence-electron chi connectivity index (χ1n) is 10.2. The molecule has 1 heterocycles. The van der Waals surface area contributed by atoms with E-state index >= 15 is 0 Å². The Balaban J connectivity index is 1.37. The third-order valence-corrected chi connectivity index (χ3v) is 5.57. The van der Waals surface area contributed by atoms with Crippen LogP contribution in [0.1, 0.15) is 42.1 Å². The van der Waals surface area contributed by atoms with Crippen molar-refractivity contribution in [2.75, 3.05) is 0 Å². The van der Waals surface area contributed by atoms with E-state index in [1.54, 1.807) is 0 Å². The summed E-state index contributed by atoms with van der Waals surface area (Å²) in [4.78, 5) is 25.1. The number of fused-ring (bicyclic) bond motifs is 1. The molecule has 6 heteroatoms. The van der Waals surface area contributed by atoms with Gasteiger partial charge in [-0.25, -0.2) is 9.18 Å². The summed E-state index contributed by atoms with van der Waals surface area (Å²) in [5, 5.41) is 0. The molecule has 1 fully saturated rings. The molecule has 2 aromatic carbocycles. The normalized spacial score (nSPS) is 23.1. The first-order chi connectivity index (χ1) is 14.5. The number of ketones is 1. The maximum atomic E-state index is 13.3. The van der Waals surface area contributed by atoms with Crippen LogP contribution < -0.4 is 4.74 Å². The molecule has 3 atom stereocenters. The average molecular weight is 410 g/mol. The van der Waals surface area contributed by atoms with E-state index in [1.807, 2.05) is 24.3 Å². The molecule has 0 N–H and O–H groups in total. The number of benzene rings is 2. The zero-order chi connectivity index (χ0) is 21.1. The van der Waals surface area contributed by atoms with Gasteiger partial charge in [0.05, 0.1) is 11.5 Å². The third-order valence-electron chi connectivity index (χ3n) is 5.57. The van der Waals surface area contributed by atoms with Crippen molar-refractivity contribution in [3.05, 3.63) is 77.5 Å². The first kappa shape index (κ1) is 20.1. The number of carbonyl (C=O) groups is 2. The lowest BCUT2D eigenvalue weighted by atomic mass is 9.80. The highest BCUT2D eigenvalue weighted by Gasteiger charge is 2.42. The van der Waals surface area contributed by atoms with Crippen LogP contribution in [0.2, 0.25) is 0 Å². The van der Waals surface area contributed by atoms with E-state index in [1.165, 1.54) is 30.0 Å². The van der Waals surface area contributed by atoms with Crippen molar-refractivity contribution >= 4 is 11.8 Å². The fraction of sp³-hybridized carbons (Fsp3) is 0.333. The van der Waals surface area contributed by atoms with E-state index in [0.717, 1.165) is 12.5 Å². The zero-order valence-electron chi connectivity index (χ0n) is 16.7. The number of halogens is 1. The number of Topliss-reactive ketones (excluding diaryl/α,β-unsaturated/α-hetero) is 1. The maximum absolute atomic E-state index is 13.3. The summed E-state index contributed by atoms with van der Waals surface area (Å²) >= 11 is 0. The third kappa shape index (κ3) is 4.37. The van der Waals surface area contributed by atoms with Gasteiger partial charge in [-0.15, -0.1) is 0 Å². The first-order valence-corrected chi connectivity index (χ1v) is 10.2. The van der Waals surface area contributed by atoms with E-state index in [0.29, 0.717) is 25.0 Å². The van der Waals surface area contributed by atoms with E-state index in [2.05, 4.69) is 6.92 Å². The number of aryl methyl sites for hydroxylation is 1. The number of hydrogen-bond acceptors (Lipinski definition) is 5. The summed E-state index contributed by atoms with van der Waals surface area (Å²) < 4.78 is 30.3. The molecule has 3 unspecified atom stereocenters. The summed E-state index contributed by atoms with van der Waals surface area (Å²) in [6, 6.07) is 13.0. The number of rotatable bonds is 5. The molecule has 1 saturated carbocycles. The monoisotopic (exact) mass is 410 g/mol. The Labute approximate surface area is 174 Å². The van der Waals surface area contributed by atoms with Crippen LogP contribution in [0, 0.1) is 11.7 Å². The van der Waals surface area contributed by atoms with Crippen molar-refractivity contribution < 1.29 is 28.2 Å². The lowest BCUT2D eigenvalue weighted by Crippen LogP contribution is -2.43. The number of esters is 1.